The molecule has 3 saturated carbocycles. The summed E-state index contributed by atoms with van der Waals surface area (Å²) in [6.07, 6.45) is 11.4. The van der Waals surface area contributed by atoms with Gasteiger partial charge in [0.05, 0.1) is 11.1 Å². The molecule has 4 aromatic carbocycles. The first-order valence-corrected chi connectivity index (χ1v) is 18.0. The molecular formula is C42H43BN2. The lowest BCUT2D eigenvalue weighted by Gasteiger charge is -2.66. The Balaban J connectivity index is 1.28. The van der Waals surface area contributed by atoms with E-state index in [4.69, 9.17) is 0 Å². The monoisotopic (exact) mass is 586 g/mol. The van der Waals surface area contributed by atoms with Crippen LogP contribution in [0.25, 0.3) is 27.5 Å². The highest BCUT2D eigenvalue weighted by molar-refractivity contribution is 7.00. The normalized spacial score (nSPS) is 31.8. The third kappa shape index (κ3) is 2.73. The van der Waals surface area contributed by atoms with Crippen LogP contribution >= 0.6 is 0 Å². The van der Waals surface area contributed by atoms with Crippen molar-refractivity contribution in [1.29, 1.82) is 0 Å². The first-order valence-electron chi connectivity index (χ1n) is 18.0. The van der Waals surface area contributed by atoms with Gasteiger partial charge in [0, 0.05) is 38.8 Å². The maximum atomic E-state index is 2.99. The van der Waals surface area contributed by atoms with Crippen LogP contribution in [0.2, 0.25) is 0 Å². The summed E-state index contributed by atoms with van der Waals surface area (Å²) in [7, 11) is 0. The third-order valence-electron chi connectivity index (χ3n) is 14.7. The summed E-state index contributed by atoms with van der Waals surface area (Å²) in [4.78, 5) is 2.99. The Hall–Kier alpha value is -3.46. The van der Waals surface area contributed by atoms with Gasteiger partial charge in [0.2, 0.25) is 0 Å². The number of hydrogen-bond donors (Lipinski definition) is 0. The lowest BCUT2D eigenvalue weighted by molar-refractivity contribution is -0.0768. The number of benzene rings is 4. The molecule has 4 heterocycles. The standard InChI is InChI=1S/C42H43BN2/c1-24-19-20-35-28(21-24)29-22-25(2)23-34-39(29)44(35)36-17-10-18-37-38(36)43(34)33-16-9-15-32-40(33)45(37)42(4)31-14-8-6-12-27(31)26-11-5-7-13-30(26)41(32,42)3/h9-10,15-23,26-27,30-31H,5-8,11-14H2,1-4H3. The lowest BCUT2D eigenvalue weighted by Crippen LogP contribution is -2.70. The van der Waals surface area contributed by atoms with E-state index in [0.717, 1.165) is 23.7 Å². The van der Waals surface area contributed by atoms with Crippen molar-refractivity contribution < 1.29 is 0 Å². The highest BCUT2D eigenvalue weighted by Gasteiger charge is 2.70. The smallest absolute Gasteiger partial charge is 0.252 e. The minimum absolute atomic E-state index is 0.0766. The minimum Gasteiger partial charge on any atom is -0.335 e. The van der Waals surface area contributed by atoms with Gasteiger partial charge in [-0.1, -0.05) is 80.1 Å². The molecule has 3 aliphatic heterocycles. The topological polar surface area (TPSA) is 8.17 Å². The molecule has 5 aromatic rings. The molecule has 6 unspecified atom stereocenters. The van der Waals surface area contributed by atoms with Gasteiger partial charge in [0.1, 0.15) is 0 Å². The maximum absolute atomic E-state index is 2.99. The van der Waals surface area contributed by atoms with E-state index in [2.05, 4.69) is 104 Å². The van der Waals surface area contributed by atoms with E-state index in [-0.39, 0.29) is 17.7 Å². The Morgan fingerprint density at radius 2 is 1.40 bits per heavy atom. The molecule has 0 saturated heterocycles. The average Bonchev–Trinajstić information content (AvgIpc) is 3.49. The Morgan fingerprint density at radius 3 is 2.24 bits per heavy atom. The number of rotatable bonds is 0. The van der Waals surface area contributed by atoms with Crippen LogP contribution in [-0.4, -0.2) is 16.8 Å². The van der Waals surface area contributed by atoms with Crippen LogP contribution in [0.3, 0.4) is 0 Å². The fourth-order valence-corrected chi connectivity index (χ4v) is 13.1. The number of nitrogens with zero attached hydrogens (tertiary/aromatic N) is 2. The Bertz CT molecular complexity index is 2140. The van der Waals surface area contributed by atoms with Gasteiger partial charge in [-0.15, -0.1) is 0 Å². The van der Waals surface area contributed by atoms with Crippen LogP contribution < -0.4 is 21.3 Å². The summed E-state index contributed by atoms with van der Waals surface area (Å²) in [5.41, 5.74) is 16.5. The molecule has 6 aliphatic rings. The summed E-state index contributed by atoms with van der Waals surface area (Å²) in [6, 6.07) is 27.0. The van der Waals surface area contributed by atoms with Crippen molar-refractivity contribution in [3.8, 4) is 5.69 Å². The summed E-state index contributed by atoms with van der Waals surface area (Å²) >= 11 is 0. The number of hydrogen-bond acceptors (Lipinski definition) is 1. The van der Waals surface area contributed by atoms with Gasteiger partial charge in [-0.05, 0) is 122 Å². The van der Waals surface area contributed by atoms with Crippen molar-refractivity contribution in [3.63, 3.8) is 0 Å². The maximum Gasteiger partial charge on any atom is 0.252 e. The van der Waals surface area contributed by atoms with Crippen LogP contribution in [0.15, 0.2) is 66.7 Å². The summed E-state index contributed by atoms with van der Waals surface area (Å²) in [5, 5.41) is 2.81. The molecule has 2 nitrogen and oxygen atoms in total. The van der Waals surface area contributed by atoms with Crippen molar-refractivity contribution in [3.05, 3.63) is 83.4 Å². The van der Waals surface area contributed by atoms with Gasteiger partial charge in [-0.3, -0.25) is 0 Å². The highest BCUT2D eigenvalue weighted by atomic mass is 15.3. The zero-order chi connectivity index (χ0) is 30.0. The van der Waals surface area contributed by atoms with Gasteiger partial charge in [0.25, 0.3) is 6.71 Å². The summed E-state index contributed by atoms with van der Waals surface area (Å²) in [5.74, 6) is 3.28. The van der Waals surface area contributed by atoms with Crippen LogP contribution in [0.5, 0.6) is 0 Å². The van der Waals surface area contributed by atoms with Gasteiger partial charge in [0.15, 0.2) is 0 Å². The van der Waals surface area contributed by atoms with Crippen LogP contribution in [0.4, 0.5) is 11.4 Å². The van der Waals surface area contributed by atoms with Crippen LogP contribution in [0.1, 0.15) is 81.9 Å². The molecule has 3 fully saturated rings. The molecule has 0 N–H and O–H groups in total. The number of aromatic nitrogens is 1. The Kier molecular flexibility index (Phi) is 4.73. The van der Waals surface area contributed by atoms with E-state index in [1.165, 1.54) is 101 Å². The van der Waals surface area contributed by atoms with E-state index >= 15 is 0 Å². The third-order valence-corrected chi connectivity index (χ3v) is 14.7. The SMILES string of the molecule is Cc1ccc2c(c1)c1cc(C)cc3c1n2-c1cccc2c1B3c1cccc3c1N2C1(C)C2CCCCC2C2CCCCC2C31C. The van der Waals surface area contributed by atoms with E-state index in [9.17, 15) is 0 Å². The Morgan fingerprint density at radius 1 is 0.689 bits per heavy atom. The van der Waals surface area contributed by atoms with Crippen molar-refractivity contribution in [2.24, 2.45) is 23.7 Å². The van der Waals surface area contributed by atoms with E-state index in [1.807, 2.05) is 0 Å². The fourth-order valence-electron chi connectivity index (χ4n) is 13.1. The summed E-state index contributed by atoms with van der Waals surface area (Å²) < 4.78 is 2.64. The second-order valence-electron chi connectivity index (χ2n) is 16.3. The number of aryl methyl sites for hydroxylation is 2. The van der Waals surface area contributed by atoms with Crippen LogP contribution in [-0.2, 0) is 5.41 Å². The molecular weight excluding hydrogens is 543 g/mol. The molecule has 0 amide bonds. The first-order chi connectivity index (χ1) is 21.9. The van der Waals surface area contributed by atoms with E-state index in [0.29, 0.717) is 0 Å². The fraction of sp³-hybridized carbons (Fsp3) is 0.429. The van der Waals surface area contributed by atoms with Gasteiger partial charge in [-0.25, -0.2) is 0 Å². The molecule has 45 heavy (non-hydrogen) atoms. The molecule has 0 radical (unpaired) electrons. The van der Waals surface area contributed by atoms with E-state index in [1.54, 1.807) is 22.2 Å². The molecule has 0 spiro atoms. The van der Waals surface area contributed by atoms with Gasteiger partial charge in [-0.2, -0.15) is 0 Å². The van der Waals surface area contributed by atoms with Crippen molar-refractivity contribution in [1.82, 2.24) is 4.57 Å². The minimum atomic E-state index is 0.0766. The van der Waals surface area contributed by atoms with Crippen molar-refractivity contribution in [2.45, 2.75) is 90.0 Å². The number of para-hydroxylation sites is 1. The average molecular weight is 587 g/mol. The summed E-state index contributed by atoms with van der Waals surface area (Å²) in [6.45, 7) is 10.3. The second-order valence-corrected chi connectivity index (χ2v) is 16.3. The predicted molar refractivity (Wildman–Crippen MR) is 190 cm³/mol. The largest absolute Gasteiger partial charge is 0.335 e. The Labute approximate surface area is 267 Å². The second kappa shape index (κ2) is 8.27. The predicted octanol–water partition coefficient (Wildman–Crippen LogP) is 8.34. The zero-order valence-electron chi connectivity index (χ0n) is 27.3. The molecule has 3 heteroatoms. The highest BCUT2D eigenvalue weighted by Crippen LogP contribution is 2.70. The van der Waals surface area contributed by atoms with Crippen molar-refractivity contribution >= 4 is 56.3 Å². The lowest BCUT2D eigenvalue weighted by atomic mass is 9.33. The molecule has 1 aromatic heterocycles. The quantitative estimate of drug-likeness (QED) is 0.163. The molecule has 3 aliphatic carbocycles. The molecule has 6 atom stereocenters. The first kappa shape index (κ1) is 25.7. The van der Waals surface area contributed by atoms with Crippen molar-refractivity contribution in [2.75, 3.05) is 4.90 Å². The molecule has 11 rings (SSSR count). The van der Waals surface area contributed by atoms with Gasteiger partial charge < -0.3 is 9.47 Å². The number of fused-ring (bicyclic) bond motifs is 15. The number of anilines is 2. The molecule has 224 valence electrons. The van der Waals surface area contributed by atoms with Gasteiger partial charge >= 0.3 is 0 Å². The van der Waals surface area contributed by atoms with E-state index < -0.39 is 0 Å². The van der Waals surface area contributed by atoms with Crippen LogP contribution in [0, 0.1) is 37.5 Å². The molecule has 0 bridgehead atoms. The zero-order valence-corrected chi connectivity index (χ0v) is 27.3.